The topological polar surface area (TPSA) is 60.5 Å². The highest BCUT2D eigenvalue weighted by Crippen LogP contribution is 2.37. The minimum Gasteiger partial charge on any atom is -0.491 e. The maximum Gasteiger partial charge on any atom is 0.256 e. The lowest BCUT2D eigenvalue weighted by Crippen LogP contribution is -2.48. The van der Waals surface area contributed by atoms with E-state index in [1.54, 1.807) is 6.20 Å². The highest BCUT2D eigenvalue weighted by molar-refractivity contribution is 6.05. The monoisotopic (exact) mass is 370 g/mol. The van der Waals surface area contributed by atoms with E-state index >= 15 is 0 Å². The molecule has 1 N–H and O–H groups in total. The number of nitrogens with zero attached hydrogens (tertiary/aromatic N) is 1. The van der Waals surface area contributed by atoms with Crippen molar-refractivity contribution < 1.29 is 14.3 Å². The Hall–Kier alpha value is -2.14. The first-order valence-electron chi connectivity index (χ1n) is 10.1. The lowest BCUT2D eigenvalue weighted by molar-refractivity contribution is -0.147. The number of carbonyl (C=O) groups excluding carboxylic acids is 1. The number of hydrogen-bond acceptors (Lipinski definition) is 4. The molecule has 146 valence electrons. The van der Waals surface area contributed by atoms with E-state index in [0.29, 0.717) is 19.1 Å². The van der Waals surface area contributed by atoms with Crippen LogP contribution < -0.4 is 10.1 Å². The Morgan fingerprint density at radius 2 is 2.19 bits per heavy atom. The molecular formula is C22H30N2O3. The van der Waals surface area contributed by atoms with Crippen molar-refractivity contribution in [2.75, 3.05) is 18.5 Å². The zero-order valence-corrected chi connectivity index (χ0v) is 16.6. The van der Waals surface area contributed by atoms with Crippen molar-refractivity contribution >= 4 is 22.5 Å². The molecule has 27 heavy (non-hydrogen) atoms. The molecule has 0 spiro atoms. The number of rotatable bonds is 7. The van der Waals surface area contributed by atoms with Crippen LogP contribution in [0.4, 0.5) is 5.69 Å². The quantitative estimate of drug-likeness (QED) is 0.749. The third-order valence-corrected chi connectivity index (χ3v) is 5.23. The second kappa shape index (κ2) is 8.70. The maximum atomic E-state index is 13.2. The average Bonchev–Trinajstić information content (AvgIpc) is 2.67. The molecule has 5 heteroatoms. The van der Waals surface area contributed by atoms with Crippen LogP contribution in [0.15, 0.2) is 30.5 Å². The molecular weight excluding hydrogens is 340 g/mol. The molecule has 2 atom stereocenters. The van der Waals surface area contributed by atoms with Gasteiger partial charge in [-0.15, -0.1) is 0 Å². The third-order valence-electron chi connectivity index (χ3n) is 5.23. The van der Waals surface area contributed by atoms with Crippen LogP contribution in [0.1, 0.15) is 52.9 Å². The van der Waals surface area contributed by atoms with E-state index < -0.39 is 5.60 Å². The minimum atomic E-state index is -0.738. The van der Waals surface area contributed by atoms with E-state index in [0.717, 1.165) is 54.4 Å². The number of nitrogens with one attached hydrogen (secondary N) is 1. The first kappa shape index (κ1) is 19.6. The van der Waals surface area contributed by atoms with E-state index in [1.807, 2.05) is 31.2 Å². The molecule has 1 aliphatic carbocycles. The highest BCUT2D eigenvalue weighted by Gasteiger charge is 2.42. The Morgan fingerprint density at radius 1 is 1.33 bits per heavy atom. The third kappa shape index (κ3) is 4.24. The van der Waals surface area contributed by atoms with E-state index in [2.05, 4.69) is 24.1 Å². The van der Waals surface area contributed by atoms with Gasteiger partial charge in [-0.1, -0.05) is 20.3 Å². The fourth-order valence-corrected chi connectivity index (χ4v) is 4.00. The van der Waals surface area contributed by atoms with Gasteiger partial charge in [-0.25, -0.2) is 0 Å². The number of ether oxygens (including phenoxy) is 2. The lowest BCUT2D eigenvalue weighted by atomic mass is 9.78. The van der Waals surface area contributed by atoms with Gasteiger partial charge < -0.3 is 14.8 Å². The van der Waals surface area contributed by atoms with Crippen LogP contribution in [0.3, 0.4) is 0 Å². The number of fused-ring (bicyclic) bond motifs is 1. The summed E-state index contributed by atoms with van der Waals surface area (Å²) in [4.78, 5) is 17.7. The van der Waals surface area contributed by atoms with Crippen LogP contribution in [-0.2, 0) is 9.53 Å². The highest BCUT2D eigenvalue weighted by atomic mass is 16.5. The van der Waals surface area contributed by atoms with Gasteiger partial charge in [-0.2, -0.15) is 0 Å². The number of pyridine rings is 1. The van der Waals surface area contributed by atoms with Gasteiger partial charge >= 0.3 is 0 Å². The van der Waals surface area contributed by atoms with Crippen molar-refractivity contribution in [1.82, 2.24) is 4.98 Å². The van der Waals surface area contributed by atoms with Gasteiger partial charge in [0.2, 0.25) is 0 Å². The summed E-state index contributed by atoms with van der Waals surface area (Å²) in [6.07, 6.45) is 6.38. The molecule has 1 heterocycles. The average molecular weight is 370 g/mol. The smallest absolute Gasteiger partial charge is 0.256 e. The fourth-order valence-electron chi connectivity index (χ4n) is 4.00. The molecule has 0 radical (unpaired) electrons. The molecule has 0 saturated heterocycles. The standard InChI is InChI=1S/C22H30N2O3/c1-4-14-26-19-11-10-18(17-9-7-13-23-20(17)19)24-21(25)22(27-5-2)12-6-8-16(3)15-22/h7,9-11,13,16H,4-6,8,12,14-15H2,1-3H3,(H,24,25)/t16-,22-/m1/s1. The van der Waals surface area contributed by atoms with Gasteiger partial charge in [-0.05, 0) is 62.8 Å². The molecule has 0 aliphatic heterocycles. The Morgan fingerprint density at radius 3 is 2.93 bits per heavy atom. The predicted molar refractivity (Wildman–Crippen MR) is 108 cm³/mol. The van der Waals surface area contributed by atoms with Crippen LogP contribution in [0.25, 0.3) is 10.9 Å². The molecule has 1 aromatic carbocycles. The Bertz CT molecular complexity index is 788. The Kier molecular flexibility index (Phi) is 6.32. The number of amides is 1. The summed E-state index contributed by atoms with van der Waals surface area (Å²) in [5.74, 6) is 1.18. The second-order valence-corrected chi connectivity index (χ2v) is 7.44. The van der Waals surface area contributed by atoms with Gasteiger partial charge in [0.1, 0.15) is 16.9 Å². The van der Waals surface area contributed by atoms with Crippen molar-refractivity contribution in [3.05, 3.63) is 30.5 Å². The largest absolute Gasteiger partial charge is 0.491 e. The number of carbonyl (C=O) groups is 1. The molecule has 0 unspecified atom stereocenters. The van der Waals surface area contributed by atoms with Gasteiger partial charge in [0.15, 0.2) is 0 Å². The van der Waals surface area contributed by atoms with Gasteiger partial charge in [0.05, 0.1) is 12.3 Å². The van der Waals surface area contributed by atoms with Crippen molar-refractivity contribution in [2.24, 2.45) is 5.92 Å². The van der Waals surface area contributed by atoms with Crippen molar-refractivity contribution in [2.45, 2.75) is 58.5 Å². The zero-order chi connectivity index (χ0) is 19.3. The molecule has 1 saturated carbocycles. The SMILES string of the molecule is CCCOc1ccc(NC(=O)[C@@]2(OCC)CCC[C@@H](C)C2)c2cccnc12. The summed E-state index contributed by atoms with van der Waals surface area (Å²) in [6, 6.07) is 7.63. The molecule has 3 rings (SSSR count). The second-order valence-electron chi connectivity index (χ2n) is 7.44. The van der Waals surface area contributed by atoms with E-state index in [1.165, 1.54) is 0 Å². The molecule has 0 bridgehead atoms. The first-order chi connectivity index (χ1) is 13.1. The van der Waals surface area contributed by atoms with Crippen molar-refractivity contribution in [3.63, 3.8) is 0 Å². The molecule has 1 fully saturated rings. The number of anilines is 1. The van der Waals surface area contributed by atoms with Crippen LogP contribution in [0.5, 0.6) is 5.75 Å². The van der Waals surface area contributed by atoms with Crippen LogP contribution in [-0.4, -0.2) is 29.7 Å². The van der Waals surface area contributed by atoms with E-state index in [4.69, 9.17) is 9.47 Å². The summed E-state index contributed by atoms with van der Waals surface area (Å²) < 4.78 is 11.8. The molecule has 1 aromatic heterocycles. The van der Waals surface area contributed by atoms with Crippen molar-refractivity contribution in [3.8, 4) is 5.75 Å². The number of aromatic nitrogens is 1. The zero-order valence-electron chi connectivity index (χ0n) is 16.6. The summed E-state index contributed by atoms with van der Waals surface area (Å²) in [5, 5.41) is 4.01. The predicted octanol–water partition coefficient (Wildman–Crippen LogP) is 4.95. The normalized spacial score (nSPS) is 22.6. The Balaban J connectivity index is 1.90. The van der Waals surface area contributed by atoms with Crippen LogP contribution in [0, 0.1) is 5.92 Å². The number of hydrogen-bond donors (Lipinski definition) is 1. The van der Waals surface area contributed by atoms with Crippen molar-refractivity contribution in [1.29, 1.82) is 0 Å². The number of benzene rings is 1. The molecule has 2 aromatic rings. The molecule has 5 nitrogen and oxygen atoms in total. The minimum absolute atomic E-state index is 0.0525. The summed E-state index contributed by atoms with van der Waals surface area (Å²) >= 11 is 0. The Labute approximate surface area is 161 Å². The van der Waals surface area contributed by atoms with Gasteiger partial charge in [0.25, 0.3) is 5.91 Å². The first-order valence-corrected chi connectivity index (χ1v) is 10.1. The van der Waals surface area contributed by atoms with Gasteiger partial charge in [0, 0.05) is 18.2 Å². The lowest BCUT2D eigenvalue weighted by Gasteiger charge is -2.38. The maximum absolute atomic E-state index is 13.2. The molecule has 1 aliphatic rings. The van der Waals surface area contributed by atoms with Gasteiger partial charge in [-0.3, -0.25) is 9.78 Å². The van der Waals surface area contributed by atoms with E-state index in [9.17, 15) is 4.79 Å². The van der Waals surface area contributed by atoms with Crippen LogP contribution >= 0.6 is 0 Å². The molecule has 1 amide bonds. The fraction of sp³-hybridized carbons (Fsp3) is 0.545. The summed E-state index contributed by atoms with van der Waals surface area (Å²) in [7, 11) is 0. The summed E-state index contributed by atoms with van der Waals surface area (Å²) in [5.41, 5.74) is 0.786. The van der Waals surface area contributed by atoms with E-state index in [-0.39, 0.29) is 5.91 Å². The summed E-state index contributed by atoms with van der Waals surface area (Å²) in [6.45, 7) is 7.39. The van der Waals surface area contributed by atoms with Crippen LogP contribution in [0.2, 0.25) is 0 Å².